The molecular formula is C10H15N5OS. The molecule has 1 amide bonds. The topological polar surface area (TPSA) is 92.9 Å². The Morgan fingerprint density at radius 3 is 2.71 bits per heavy atom. The monoisotopic (exact) mass is 253 g/mol. The van der Waals surface area contributed by atoms with Crippen molar-refractivity contribution < 1.29 is 4.79 Å². The number of hydrogen-bond acceptors (Lipinski definition) is 6. The molecule has 0 unspecified atom stereocenters. The van der Waals surface area contributed by atoms with Crippen LogP contribution in [-0.4, -0.2) is 33.7 Å². The number of carbonyl (C=O) groups is 1. The Balaban J connectivity index is 1.93. The molecule has 2 heterocycles. The summed E-state index contributed by atoms with van der Waals surface area (Å²) in [5.41, 5.74) is 2.69. The fraction of sp³-hybridized carbons (Fsp3) is 0.500. The summed E-state index contributed by atoms with van der Waals surface area (Å²) in [5, 5.41) is 10.5. The van der Waals surface area contributed by atoms with Crippen LogP contribution in [0.2, 0.25) is 0 Å². The molecule has 4 N–H and O–H groups in total. The number of thioether (sulfide) groups is 1. The maximum Gasteiger partial charge on any atom is 0.272 e. The quantitative estimate of drug-likeness (QED) is 0.533. The first kappa shape index (κ1) is 12.1. The molecule has 1 aromatic heterocycles. The number of amides is 1. The van der Waals surface area contributed by atoms with E-state index in [0.717, 1.165) is 24.3 Å². The second kappa shape index (κ2) is 5.83. The van der Waals surface area contributed by atoms with Crippen LogP contribution < -0.4 is 16.6 Å². The van der Waals surface area contributed by atoms with Gasteiger partial charge < -0.3 is 10.7 Å². The Hall–Kier alpha value is -1.34. The molecule has 17 heavy (non-hydrogen) atoms. The zero-order chi connectivity index (χ0) is 12.1. The average Bonchev–Trinajstić information content (AvgIpc) is 2.40. The predicted octanol–water partition coefficient (Wildman–Crippen LogP) is 0.388. The van der Waals surface area contributed by atoms with Crippen molar-refractivity contribution in [3.8, 4) is 0 Å². The van der Waals surface area contributed by atoms with Gasteiger partial charge in [0.05, 0.1) is 0 Å². The van der Waals surface area contributed by atoms with Crippen molar-refractivity contribution >= 4 is 23.5 Å². The molecule has 1 saturated heterocycles. The maximum atomic E-state index is 11.8. The summed E-state index contributed by atoms with van der Waals surface area (Å²) in [7, 11) is 0. The van der Waals surface area contributed by atoms with Gasteiger partial charge in [-0.1, -0.05) is 0 Å². The molecule has 7 heteroatoms. The van der Waals surface area contributed by atoms with Crippen molar-refractivity contribution in [2.45, 2.75) is 18.9 Å². The minimum atomic E-state index is -0.169. The molecular weight excluding hydrogens is 238 g/mol. The van der Waals surface area contributed by atoms with E-state index in [4.69, 9.17) is 5.84 Å². The van der Waals surface area contributed by atoms with Gasteiger partial charge in [0.15, 0.2) is 11.5 Å². The smallest absolute Gasteiger partial charge is 0.272 e. The Kier molecular flexibility index (Phi) is 4.16. The van der Waals surface area contributed by atoms with E-state index in [1.165, 1.54) is 0 Å². The number of aromatic nitrogens is 2. The summed E-state index contributed by atoms with van der Waals surface area (Å²) in [5.74, 6) is 7.65. The van der Waals surface area contributed by atoms with Gasteiger partial charge in [0.2, 0.25) is 0 Å². The van der Waals surface area contributed by atoms with E-state index in [1.54, 1.807) is 12.1 Å². The van der Waals surface area contributed by atoms with E-state index < -0.39 is 0 Å². The number of nitrogens with one attached hydrogen (secondary N) is 2. The molecule has 0 aromatic carbocycles. The van der Waals surface area contributed by atoms with E-state index in [2.05, 4.69) is 20.9 Å². The summed E-state index contributed by atoms with van der Waals surface area (Å²) < 4.78 is 0. The molecule has 0 spiro atoms. The molecule has 1 fully saturated rings. The summed E-state index contributed by atoms with van der Waals surface area (Å²) in [4.78, 5) is 11.8. The third-order valence-electron chi connectivity index (χ3n) is 2.60. The van der Waals surface area contributed by atoms with Crippen molar-refractivity contribution in [1.82, 2.24) is 15.5 Å². The summed E-state index contributed by atoms with van der Waals surface area (Å²) in [6, 6.07) is 3.49. The molecule has 0 aliphatic carbocycles. The molecule has 0 bridgehead atoms. The Labute approximate surface area is 104 Å². The van der Waals surface area contributed by atoms with Crippen LogP contribution in [0.3, 0.4) is 0 Å². The SMILES string of the molecule is NNc1ccc(C(=O)NC2CCSCC2)nn1. The molecule has 1 aliphatic heterocycles. The third-order valence-corrected chi connectivity index (χ3v) is 3.65. The van der Waals surface area contributed by atoms with E-state index in [9.17, 15) is 4.79 Å². The van der Waals surface area contributed by atoms with Crippen molar-refractivity contribution in [3.63, 3.8) is 0 Å². The Bertz CT molecular complexity index is 377. The van der Waals surface area contributed by atoms with Gasteiger partial charge in [-0.25, -0.2) is 5.84 Å². The summed E-state index contributed by atoms with van der Waals surface area (Å²) in [6.07, 6.45) is 2.04. The molecule has 1 aromatic rings. The first-order chi connectivity index (χ1) is 8.29. The van der Waals surface area contributed by atoms with Gasteiger partial charge in [-0.15, -0.1) is 10.2 Å². The molecule has 2 rings (SSSR count). The van der Waals surface area contributed by atoms with Crippen LogP contribution in [0.5, 0.6) is 0 Å². The van der Waals surface area contributed by atoms with E-state index in [-0.39, 0.29) is 11.9 Å². The summed E-state index contributed by atoms with van der Waals surface area (Å²) in [6.45, 7) is 0. The standard InChI is InChI=1S/C10H15N5OS/c11-13-9-2-1-8(14-15-9)10(16)12-7-3-5-17-6-4-7/h1-2,7H,3-6,11H2,(H,12,16)(H,13,15). The minimum Gasteiger partial charge on any atom is -0.348 e. The maximum absolute atomic E-state index is 11.8. The molecule has 0 atom stereocenters. The second-order valence-electron chi connectivity index (χ2n) is 3.81. The van der Waals surface area contributed by atoms with Gasteiger partial charge >= 0.3 is 0 Å². The number of hydrazine groups is 1. The van der Waals surface area contributed by atoms with Crippen molar-refractivity contribution in [1.29, 1.82) is 0 Å². The van der Waals surface area contributed by atoms with Crippen LogP contribution in [0.1, 0.15) is 23.3 Å². The third kappa shape index (κ3) is 3.31. The van der Waals surface area contributed by atoms with Crippen LogP contribution in [0.4, 0.5) is 5.82 Å². The highest BCUT2D eigenvalue weighted by Crippen LogP contribution is 2.17. The molecule has 0 saturated carbocycles. The first-order valence-electron chi connectivity index (χ1n) is 5.48. The van der Waals surface area contributed by atoms with Crippen molar-refractivity contribution in [2.24, 2.45) is 5.84 Å². The van der Waals surface area contributed by atoms with Crippen LogP contribution in [0.25, 0.3) is 0 Å². The van der Waals surface area contributed by atoms with Crippen LogP contribution in [0, 0.1) is 0 Å². The number of carbonyl (C=O) groups excluding carboxylic acids is 1. The lowest BCUT2D eigenvalue weighted by atomic mass is 10.1. The van der Waals surface area contributed by atoms with E-state index in [0.29, 0.717) is 11.5 Å². The van der Waals surface area contributed by atoms with Gasteiger partial charge in [0.1, 0.15) is 0 Å². The molecule has 1 aliphatic rings. The van der Waals surface area contributed by atoms with Gasteiger partial charge in [0, 0.05) is 6.04 Å². The number of anilines is 1. The number of nitrogen functional groups attached to an aromatic ring is 1. The van der Waals surface area contributed by atoms with Crippen molar-refractivity contribution in [3.05, 3.63) is 17.8 Å². The highest BCUT2D eigenvalue weighted by molar-refractivity contribution is 7.99. The van der Waals surface area contributed by atoms with Crippen molar-refractivity contribution in [2.75, 3.05) is 16.9 Å². The number of rotatable bonds is 3. The summed E-state index contributed by atoms with van der Waals surface area (Å²) >= 11 is 1.93. The predicted molar refractivity (Wildman–Crippen MR) is 67.7 cm³/mol. The Morgan fingerprint density at radius 2 is 2.12 bits per heavy atom. The van der Waals surface area contributed by atoms with Crippen LogP contribution >= 0.6 is 11.8 Å². The number of nitrogens with two attached hydrogens (primary N) is 1. The lowest BCUT2D eigenvalue weighted by Gasteiger charge is -2.22. The van der Waals surface area contributed by atoms with E-state index in [1.807, 2.05) is 11.8 Å². The fourth-order valence-corrected chi connectivity index (χ4v) is 2.74. The largest absolute Gasteiger partial charge is 0.348 e. The van der Waals surface area contributed by atoms with Gasteiger partial charge in [-0.3, -0.25) is 4.79 Å². The Morgan fingerprint density at radius 1 is 1.35 bits per heavy atom. The lowest BCUT2D eigenvalue weighted by Crippen LogP contribution is -2.37. The molecule has 0 radical (unpaired) electrons. The van der Waals surface area contributed by atoms with Gasteiger partial charge in [0.25, 0.3) is 5.91 Å². The molecule has 6 nitrogen and oxygen atoms in total. The average molecular weight is 253 g/mol. The van der Waals surface area contributed by atoms with Crippen LogP contribution in [0.15, 0.2) is 12.1 Å². The van der Waals surface area contributed by atoms with Gasteiger partial charge in [-0.2, -0.15) is 11.8 Å². The van der Waals surface area contributed by atoms with Gasteiger partial charge in [-0.05, 0) is 36.5 Å². The minimum absolute atomic E-state index is 0.169. The highest BCUT2D eigenvalue weighted by atomic mass is 32.2. The normalized spacial score (nSPS) is 16.5. The lowest BCUT2D eigenvalue weighted by molar-refractivity contribution is 0.0929. The zero-order valence-electron chi connectivity index (χ0n) is 9.35. The fourth-order valence-electron chi connectivity index (χ4n) is 1.63. The first-order valence-corrected chi connectivity index (χ1v) is 6.64. The number of nitrogens with zero attached hydrogens (tertiary/aromatic N) is 2. The van der Waals surface area contributed by atoms with E-state index >= 15 is 0 Å². The number of hydrogen-bond donors (Lipinski definition) is 3. The zero-order valence-corrected chi connectivity index (χ0v) is 10.2. The highest BCUT2D eigenvalue weighted by Gasteiger charge is 2.17. The van der Waals surface area contributed by atoms with Crippen LogP contribution in [-0.2, 0) is 0 Å². The molecule has 92 valence electrons. The second-order valence-corrected chi connectivity index (χ2v) is 5.03.